The number of hydrogen-bond donors (Lipinski definition) is 2. The van der Waals surface area contributed by atoms with E-state index in [1.54, 1.807) is 24.3 Å². The van der Waals surface area contributed by atoms with E-state index in [-0.39, 0.29) is 28.3 Å². The predicted molar refractivity (Wildman–Crippen MR) is 138 cm³/mol. The van der Waals surface area contributed by atoms with Gasteiger partial charge in [0.2, 0.25) is 0 Å². The number of nitriles is 1. The highest BCUT2D eigenvalue weighted by molar-refractivity contribution is 5.97. The van der Waals surface area contributed by atoms with E-state index in [4.69, 9.17) is 15.7 Å². The van der Waals surface area contributed by atoms with Crippen LogP contribution < -0.4 is 20.7 Å². The summed E-state index contributed by atoms with van der Waals surface area (Å²) in [6.07, 6.45) is 2.11. The van der Waals surface area contributed by atoms with E-state index in [9.17, 15) is 9.18 Å². The molecule has 1 aliphatic heterocycles. The van der Waals surface area contributed by atoms with Crippen LogP contribution in [0.5, 0.6) is 5.75 Å². The molecule has 12 heteroatoms. The second-order valence-corrected chi connectivity index (χ2v) is 9.81. The molecule has 0 radical (unpaired) electrons. The SMILES string of the molecule is COc1ccc(F)c(-c2cc3ncc(C(N)=O)c(N[C@@H]4CCN(c5ccc(C#N)nn5)CC4(C)C)n3n2)c1. The van der Waals surface area contributed by atoms with E-state index in [0.29, 0.717) is 48.2 Å². The van der Waals surface area contributed by atoms with E-state index in [1.807, 2.05) is 6.07 Å². The quantitative estimate of drug-likeness (QED) is 0.395. The summed E-state index contributed by atoms with van der Waals surface area (Å²) in [6, 6.07) is 11.4. The minimum absolute atomic E-state index is 0.0741. The van der Waals surface area contributed by atoms with Crippen molar-refractivity contribution in [3.8, 4) is 23.1 Å². The molecule has 1 aromatic carbocycles. The molecule has 0 unspecified atom stereocenters. The Morgan fingerprint density at radius 3 is 2.74 bits per heavy atom. The van der Waals surface area contributed by atoms with Gasteiger partial charge in [-0.25, -0.2) is 9.37 Å². The van der Waals surface area contributed by atoms with Gasteiger partial charge in [-0.15, -0.1) is 10.2 Å². The molecule has 1 aliphatic rings. The average Bonchev–Trinajstić information content (AvgIpc) is 3.34. The van der Waals surface area contributed by atoms with Crippen LogP contribution in [0.3, 0.4) is 0 Å². The summed E-state index contributed by atoms with van der Waals surface area (Å²) in [5.41, 5.74) is 6.87. The van der Waals surface area contributed by atoms with Crippen LogP contribution in [0.2, 0.25) is 0 Å². The van der Waals surface area contributed by atoms with Gasteiger partial charge in [0.1, 0.15) is 23.5 Å². The Balaban J connectivity index is 1.48. The zero-order valence-electron chi connectivity index (χ0n) is 21.1. The van der Waals surface area contributed by atoms with Gasteiger partial charge in [0.05, 0.1) is 18.4 Å². The van der Waals surface area contributed by atoms with E-state index < -0.39 is 11.7 Å². The molecule has 1 atom stereocenters. The highest BCUT2D eigenvalue weighted by Gasteiger charge is 2.37. The molecule has 1 fully saturated rings. The summed E-state index contributed by atoms with van der Waals surface area (Å²) in [5, 5.41) is 25.2. The smallest absolute Gasteiger partial charge is 0.254 e. The fraction of sp³-hybridized carbons (Fsp3) is 0.308. The van der Waals surface area contributed by atoms with Crippen LogP contribution in [-0.4, -0.2) is 56.9 Å². The van der Waals surface area contributed by atoms with Gasteiger partial charge in [-0.2, -0.15) is 14.9 Å². The molecule has 4 aromatic rings. The zero-order chi connectivity index (χ0) is 27.0. The Bertz CT molecular complexity index is 1560. The molecule has 5 rings (SSSR count). The molecule has 1 amide bonds. The third kappa shape index (κ3) is 4.54. The maximum absolute atomic E-state index is 14.7. The molecule has 194 valence electrons. The monoisotopic (exact) mass is 515 g/mol. The van der Waals surface area contributed by atoms with Crippen LogP contribution in [-0.2, 0) is 0 Å². The van der Waals surface area contributed by atoms with Gasteiger partial charge < -0.3 is 20.7 Å². The summed E-state index contributed by atoms with van der Waals surface area (Å²) in [4.78, 5) is 18.8. The Hall–Kier alpha value is -4.79. The number of primary amides is 1. The normalized spacial score (nSPS) is 16.7. The number of rotatable bonds is 6. The number of nitrogens with two attached hydrogens (primary N) is 1. The third-order valence-corrected chi connectivity index (χ3v) is 6.83. The maximum Gasteiger partial charge on any atom is 0.254 e. The molecular formula is C26H26FN9O2. The van der Waals surface area contributed by atoms with Crippen molar-refractivity contribution in [1.82, 2.24) is 24.8 Å². The zero-order valence-corrected chi connectivity index (χ0v) is 21.1. The topological polar surface area (TPSA) is 147 Å². The molecule has 3 aromatic heterocycles. The molecule has 4 heterocycles. The molecule has 38 heavy (non-hydrogen) atoms. The number of ether oxygens (including phenoxy) is 1. The average molecular weight is 516 g/mol. The Morgan fingerprint density at radius 1 is 1.26 bits per heavy atom. The van der Waals surface area contributed by atoms with Gasteiger partial charge in [0, 0.05) is 42.4 Å². The number of piperidine rings is 1. The predicted octanol–water partition coefficient (Wildman–Crippen LogP) is 3.02. The lowest BCUT2D eigenvalue weighted by Gasteiger charge is -2.45. The molecule has 0 bridgehead atoms. The van der Waals surface area contributed by atoms with Gasteiger partial charge >= 0.3 is 0 Å². The van der Waals surface area contributed by atoms with Crippen molar-refractivity contribution in [2.24, 2.45) is 11.1 Å². The molecule has 0 saturated carbocycles. The Kier molecular flexibility index (Phi) is 6.28. The van der Waals surface area contributed by atoms with Gasteiger partial charge in [-0.1, -0.05) is 13.8 Å². The number of halogens is 1. The summed E-state index contributed by atoms with van der Waals surface area (Å²) < 4.78 is 21.4. The highest BCUT2D eigenvalue weighted by Crippen LogP contribution is 2.35. The number of nitrogens with zero attached hydrogens (tertiary/aromatic N) is 7. The molecule has 0 spiro atoms. The van der Waals surface area contributed by atoms with Crippen molar-refractivity contribution in [2.75, 3.05) is 30.4 Å². The van der Waals surface area contributed by atoms with E-state index in [1.165, 1.54) is 30.0 Å². The van der Waals surface area contributed by atoms with Crippen molar-refractivity contribution in [1.29, 1.82) is 5.26 Å². The number of carbonyl (C=O) groups is 1. The summed E-state index contributed by atoms with van der Waals surface area (Å²) in [5.74, 6) is 0.453. The standard InChI is InChI=1S/C26H26FN9O2/c1-26(2)14-35(22-7-4-15(12-28)32-33-22)9-8-21(26)31-25-18(24(29)37)13-30-23-11-20(34-36(23)25)17-10-16(38-3)5-6-19(17)27/h4-7,10-11,13,21,31H,8-9,14H2,1-3H3,(H2,29,37)/t21-/m1/s1. The molecule has 3 N–H and O–H groups in total. The van der Waals surface area contributed by atoms with E-state index in [0.717, 1.165) is 0 Å². The number of benzene rings is 1. The number of carbonyl (C=O) groups excluding carboxylic acids is 1. The lowest BCUT2D eigenvalue weighted by Crippen LogP contribution is -2.52. The van der Waals surface area contributed by atoms with Gasteiger partial charge in [0.15, 0.2) is 17.2 Å². The Morgan fingerprint density at radius 2 is 2.08 bits per heavy atom. The van der Waals surface area contributed by atoms with Crippen LogP contribution in [0.25, 0.3) is 16.9 Å². The first kappa shape index (κ1) is 24.9. The second-order valence-electron chi connectivity index (χ2n) is 9.81. The molecule has 1 saturated heterocycles. The fourth-order valence-corrected chi connectivity index (χ4v) is 4.75. The van der Waals surface area contributed by atoms with Crippen LogP contribution in [0.4, 0.5) is 16.0 Å². The lowest BCUT2D eigenvalue weighted by molar-refractivity contribution is 0.1000. The summed E-state index contributed by atoms with van der Waals surface area (Å²) in [7, 11) is 1.50. The first-order chi connectivity index (χ1) is 18.2. The first-order valence-electron chi connectivity index (χ1n) is 12.0. The number of hydrogen-bond acceptors (Lipinski definition) is 9. The number of nitrogens with one attached hydrogen (secondary N) is 1. The van der Waals surface area contributed by atoms with Crippen LogP contribution in [0.15, 0.2) is 42.6 Å². The number of amides is 1. The van der Waals surface area contributed by atoms with Crippen LogP contribution >= 0.6 is 0 Å². The number of fused-ring (bicyclic) bond motifs is 1. The number of aromatic nitrogens is 5. The third-order valence-electron chi connectivity index (χ3n) is 6.83. The van der Waals surface area contributed by atoms with E-state index >= 15 is 0 Å². The largest absolute Gasteiger partial charge is 0.497 e. The minimum Gasteiger partial charge on any atom is -0.497 e. The molecule has 0 aliphatic carbocycles. The molecular weight excluding hydrogens is 489 g/mol. The first-order valence-corrected chi connectivity index (χ1v) is 12.0. The second kappa shape index (κ2) is 9.59. The summed E-state index contributed by atoms with van der Waals surface area (Å²) in [6.45, 7) is 5.53. The van der Waals surface area contributed by atoms with Crippen molar-refractivity contribution in [3.63, 3.8) is 0 Å². The minimum atomic E-state index is -0.658. The molecule has 11 nitrogen and oxygen atoms in total. The lowest BCUT2D eigenvalue weighted by atomic mass is 9.79. The summed E-state index contributed by atoms with van der Waals surface area (Å²) >= 11 is 0. The highest BCUT2D eigenvalue weighted by atomic mass is 19.1. The van der Waals surface area contributed by atoms with Crippen LogP contribution in [0.1, 0.15) is 36.3 Å². The maximum atomic E-state index is 14.7. The van der Waals surface area contributed by atoms with Crippen molar-refractivity contribution in [3.05, 3.63) is 59.7 Å². The van der Waals surface area contributed by atoms with Crippen molar-refractivity contribution >= 4 is 23.2 Å². The van der Waals surface area contributed by atoms with Crippen LogP contribution in [0, 0.1) is 22.6 Å². The van der Waals surface area contributed by atoms with E-state index in [2.05, 4.69) is 44.3 Å². The van der Waals surface area contributed by atoms with Gasteiger partial charge in [-0.3, -0.25) is 4.79 Å². The van der Waals surface area contributed by atoms with Gasteiger partial charge in [-0.05, 0) is 36.8 Å². The number of anilines is 2. The van der Waals surface area contributed by atoms with Crippen molar-refractivity contribution in [2.45, 2.75) is 26.3 Å². The van der Waals surface area contributed by atoms with Crippen molar-refractivity contribution < 1.29 is 13.9 Å². The Labute approximate surface area is 218 Å². The van der Waals surface area contributed by atoms with Gasteiger partial charge in [0.25, 0.3) is 5.91 Å². The number of methoxy groups -OCH3 is 1. The fourth-order valence-electron chi connectivity index (χ4n) is 4.75.